The molecule has 6 N–H and O–H groups in total. The van der Waals surface area contributed by atoms with Gasteiger partial charge in [0, 0.05) is 139 Å². The lowest BCUT2D eigenvalue weighted by atomic mass is 9.90. The third kappa shape index (κ3) is 9.05. The van der Waals surface area contributed by atoms with Crippen LogP contribution in [-0.4, -0.2) is 240 Å². The predicted octanol–water partition coefficient (Wildman–Crippen LogP) is 1.10. The van der Waals surface area contributed by atoms with Crippen molar-refractivity contribution in [3.8, 4) is 22.5 Å². The summed E-state index contributed by atoms with van der Waals surface area (Å²) in [6, 6.07) is 0.127. The molecule has 380 valence electrons. The number of nitrogen functional groups attached to an aromatic ring is 2. The average molecular weight is 985 g/mol. The van der Waals surface area contributed by atoms with E-state index in [1.165, 1.54) is 0 Å². The van der Waals surface area contributed by atoms with Crippen LogP contribution >= 0.6 is 0 Å². The minimum absolute atomic E-state index is 0.0519. The molecule has 2 atom stereocenters. The van der Waals surface area contributed by atoms with E-state index in [1.54, 1.807) is 24.8 Å². The summed E-state index contributed by atoms with van der Waals surface area (Å²) in [5, 5.41) is 18.1. The first-order chi connectivity index (χ1) is 35.2. The van der Waals surface area contributed by atoms with E-state index in [9.17, 15) is 0 Å². The zero-order chi connectivity index (χ0) is 48.9. The van der Waals surface area contributed by atoms with Gasteiger partial charge in [-0.25, -0.2) is 34.7 Å². The number of piperidine rings is 2. The van der Waals surface area contributed by atoms with Gasteiger partial charge >= 0.3 is 6.03 Å². The number of hydrogen-bond acceptors (Lipinski definition) is 21. The number of hydrogen-bond donors (Lipinski definition) is 4. The maximum Gasteiger partial charge on any atom is 0.322 e. The molecule has 6 fully saturated rings. The van der Waals surface area contributed by atoms with E-state index < -0.39 is 0 Å². The second-order valence-corrected chi connectivity index (χ2v) is 20.1. The summed E-state index contributed by atoms with van der Waals surface area (Å²) in [4.78, 5) is 70.9. The molecule has 6 aromatic rings. The Morgan fingerprint density at radius 2 is 0.931 bits per heavy atom. The number of H-pyrrole nitrogens is 2. The maximum atomic E-state index is 15.2. The first kappa shape index (κ1) is 46.6. The van der Waals surface area contributed by atoms with Crippen molar-refractivity contribution in [2.24, 2.45) is 0 Å². The van der Waals surface area contributed by atoms with E-state index in [-0.39, 0.29) is 42.1 Å². The Kier molecular flexibility index (Phi) is 12.8. The van der Waals surface area contributed by atoms with Crippen molar-refractivity contribution in [1.82, 2.24) is 89.7 Å². The van der Waals surface area contributed by atoms with Crippen LogP contribution in [0, 0.1) is 0 Å². The number of likely N-dealkylation sites (N-methyl/N-ethyl adjacent to an activating group) is 2. The molecular formula is C47H64N22O3. The third-order valence-electron chi connectivity index (χ3n) is 15.7. The Balaban J connectivity index is 0.751. The zero-order valence-corrected chi connectivity index (χ0v) is 41.1. The van der Waals surface area contributed by atoms with Gasteiger partial charge in [0.25, 0.3) is 0 Å². The number of carbonyl (C=O) groups excluding carboxylic acids is 1. The van der Waals surface area contributed by atoms with E-state index in [1.807, 2.05) is 0 Å². The number of aromatic amines is 2. The van der Waals surface area contributed by atoms with Gasteiger partial charge in [-0.2, -0.15) is 20.2 Å². The van der Waals surface area contributed by atoms with Gasteiger partial charge in [-0.05, 0) is 39.8 Å². The lowest BCUT2D eigenvalue weighted by Gasteiger charge is -2.52. The molecule has 6 saturated heterocycles. The topological polar surface area (TPSA) is 274 Å². The SMILES string of the molecule is CN1CCN(C(=O)N2CCN(C)CC2N2CCC(c3[nH]nc4nc(N5CCOCC5)nc(-c5cnc(N)nc5)c34)CC2)C(N2CCC(c3[nH]nc4nc(N5CCOCC5)nc(-c5cnc(N)nc5)c34)CC2)C1. The average Bonchev–Trinajstić information content (AvgIpc) is 4.06. The van der Waals surface area contributed by atoms with Gasteiger partial charge in [0.2, 0.25) is 23.8 Å². The summed E-state index contributed by atoms with van der Waals surface area (Å²) in [5.41, 5.74) is 18.1. The van der Waals surface area contributed by atoms with Crippen molar-refractivity contribution in [2.75, 3.05) is 153 Å². The van der Waals surface area contributed by atoms with Crippen molar-refractivity contribution in [3.05, 3.63) is 36.2 Å². The number of piperazine rings is 2. The highest BCUT2D eigenvalue weighted by Gasteiger charge is 2.43. The van der Waals surface area contributed by atoms with Gasteiger partial charge in [0.05, 0.1) is 72.3 Å². The first-order valence-corrected chi connectivity index (χ1v) is 25.5. The Hall–Kier alpha value is -6.51. The highest BCUT2D eigenvalue weighted by Crippen LogP contribution is 2.40. The number of anilines is 4. The molecule has 72 heavy (non-hydrogen) atoms. The second-order valence-electron chi connectivity index (χ2n) is 20.1. The van der Waals surface area contributed by atoms with Crippen LogP contribution in [0.3, 0.4) is 0 Å². The van der Waals surface area contributed by atoms with Crippen LogP contribution in [0.4, 0.5) is 28.6 Å². The fraction of sp³-hybridized carbons (Fsp3) is 0.596. The smallest absolute Gasteiger partial charge is 0.322 e. The molecule has 2 amide bonds. The molecular weight excluding hydrogens is 921 g/mol. The van der Waals surface area contributed by atoms with Gasteiger partial charge < -0.3 is 50.3 Å². The van der Waals surface area contributed by atoms with Crippen molar-refractivity contribution >= 4 is 51.9 Å². The van der Waals surface area contributed by atoms with Crippen molar-refractivity contribution in [3.63, 3.8) is 0 Å². The molecule has 0 saturated carbocycles. The summed E-state index contributed by atoms with van der Waals surface area (Å²) in [6.07, 6.45) is 10.3. The number of likely N-dealkylation sites (tertiary alicyclic amines) is 2. The number of carbonyl (C=O) groups is 1. The molecule has 25 heteroatoms. The lowest BCUT2D eigenvalue weighted by molar-refractivity contribution is -0.0433. The van der Waals surface area contributed by atoms with E-state index in [4.69, 9.17) is 51.1 Å². The molecule has 12 heterocycles. The van der Waals surface area contributed by atoms with Crippen molar-refractivity contribution in [2.45, 2.75) is 49.9 Å². The van der Waals surface area contributed by atoms with Crippen LogP contribution in [0.5, 0.6) is 0 Å². The Morgan fingerprint density at radius 3 is 1.32 bits per heavy atom. The highest BCUT2D eigenvalue weighted by atomic mass is 16.5. The molecule has 0 radical (unpaired) electrons. The number of ether oxygens (including phenoxy) is 2. The zero-order valence-electron chi connectivity index (χ0n) is 41.1. The Bertz CT molecular complexity index is 2660. The molecule has 0 aromatic carbocycles. The van der Waals surface area contributed by atoms with Crippen LogP contribution in [0.1, 0.15) is 48.9 Å². The van der Waals surface area contributed by atoms with Crippen LogP contribution in [-0.2, 0) is 9.47 Å². The minimum atomic E-state index is -0.0519. The second kappa shape index (κ2) is 19.8. The largest absolute Gasteiger partial charge is 0.378 e. The summed E-state index contributed by atoms with van der Waals surface area (Å²) < 4.78 is 11.2. The number of urea groups is 1. The lowest BCUT2D eigenvalue weighted by Crippen LogP contribution is -2.69. The molecule has 6 aliphatic rings. The molecule has 2 unspecified atom stereocenters. The fourth-order valence-corrected chi connectivity index (χ4v) is 11.6. The number of rotatable bonds is 8. The summed E-state index contributed by atoms with van der Waals surface area (Å²) in [5.74, 6) is 2.01. The Morgan fingerprint density at radius 1 is 0.542 bits per heavy atom. The van der Waals surface area contributed by atoms with Gasteiger partial charge in [0.15, 0.2) is 11.3 Å². The van der Waals surface area contributed by atoms with Gasteiger partial charge in [-0.15, -0.1) is 0 Å². The summed E-state index contributed by atoms with van der Waals surface area (Å²) in [7, 11) is 4.33. The first-order valence-electron chi connectivity index (χ1n) is 25.5. The highest BCUT2D eigenvalue weighted by molar-refractivity contribution is 5.94. The molecule has 0 bridgehead atoms. The normalized spacial score (nSPS) is 23.2. The number of fused-ring (bicyclic) bond motifs is 2. The molecule has 6 aromatic heterocycles. The number of nitrogens with one attached hydrogen (secondary N) is 2. The van der Waals surface area contributed by atoms with Crippen LogP contribution < -0.4 is 21.3 Å². The number of amides is 2. The van der Waals surface area contributed by atoms with Gasteiger partial charge in [-0.3, -0.25) is 20.0 Å². The van der Waals surface area contributed by atoms with E-state index >= 15 is 4.79 Å². The molecule has 12 rings (SSSR count). The van der Waals surface area contributed by atoms with Crippen LogP contribution in [0.2, 0.25) is 0 Å². The molecule has 25 nitrogen and oxygen atoms in total. The Labute approximate surface area is 416 Å². The minimum Gasteiger partial charge on any atom is -0.378 e. The van der Waals surface area contributed by atoms with Gasteiger partial charge in [-0.1, -0.05) is 0 Å². The number of morpholine rings is 2. The molecule has 0 spiro atoms. The van der Waals surface area contributed by atoms with Crippen LogP contribution in [0.25, 0.3) is 44.6 Å². The van der Waals surface area contributed by atoms with E-state index in [0.717, 1.165) is 123 Å². The molecule has 6 aliphatic heterocycles. The monoisotopic (exact) mass is 985 g/mol. The van der Waals surface area contributed by atoms with E-state index in [2.05, 4.69) is 83.4 Å². The fourth-order valence-electron chi connectivity index (χ4n) is 11.6. The third-order valence-corrected chi connectivity index (χ3v) is 15.7. The van der Waals surface area contributed by atoms with Crippen molar-refractivity contribution < 1.29 is 14.3 Å². The van der Waals surface area contributed by atoms with Crippen molar-refractivity contribution in [1.29, 1.82) is 0 Å². The number of nitrogens with zero attached hydrogens (tertiary/aromatic N) is 18. The molecule has 0 aliphatic carbocycles. The van der Waals surface area contributed by atoms with Gasteiger partial charge in [0.1, 0.15) is 0 Å². The predicted molar refractivity (Wildman–Crippen MR) is 269 cm³/mol. The maximum absolute atomic E-state index is 15.2. The number of aromatic nitrogens is 12. The van der Waals surface area contributed by atoms with E-state index in [0.29, 0.717) is 88.9 Å². The number of nitrogens with two attached hydrogens (primary N) is 2. The van der Waals surface area contributed by atoms with Crippen LogP contribution in [0.15, 0.2) is 24.8 Å². The summed E-state index contributed by atoms with van der Waals surface area (Å²) in [6.45, 7) is 13.2. The summed E-state index contributed by atoms with van der Waals surface area (Å²) >= 11 is 0. The standard InChI is InChI=1S/C47H64N22O3/c1-62-11-13-68(33(27-62)64-7-3-29(4-8-64)39-35-37(31-23-50-43(48)51-24-31)54-45(56-41(35)60-58-39)66-15-19-71-20-16-66)47(70)69-14-12-63(2)28-34(69)65-9-5-30(6-10-65)40-36-38(32-25-52-44(49)53-26-32)55-46(57-42(36)61-59-40)67-17-21-72-22-18-67/h23-26,29-30,33-34H,3-22,27-28H2,1-2H3,(H2,48,50,51)(H2,49,52,53)(H,54,56,58,60)(H,55,57,59,61). The quantitative estimate of drug-likeness (QED) is 0.166.